The maximum atomic E-state index is 13.2. The van der Waals surface area contributed by atoms with E-state index in [1.165, 1.54) is 6.92 Å². The first-order valence-electron chi connectivity index (χ1n) is 8.86. The summed E-state index contributed by atoms with van der Waals surface area (Å²) in [7, 11) is 1.75. The number of hydrogen-bond acceptors (Lipinski definition) is 4. The second-order valence-electron chi connectivity index (χ2n) is 6.74. The summed E-state index contributed by atoms with van der Waals surface area (Å²) in [4.78, 5) is 16.6. The van der Waals surface area contributed by atoms with Crippen LogP contribution in [0.15, 0.2) is 48.5 Å². The summed E-state index contributed by atoms with van der Waals surface area (Å²) >= 11 is 5.89. The topological polar surface area (TPSA) is 71.8 Å². The summed E-state index contributed by atoms with van der Waals surface area (Å²) in [6.45, 7) is 2.03. The number of benzene rings is 2. The van der Waals surface area contributed by atoms with Crippen molar-refractivity contribution in [1.82, 2.24) is 20.1 Å². The third kappa shape index (κ3) is 5.08. The Morgan fingerprint density at radius 2 is 1.76 bits per heavy atom. The molecule has 0 saturated heterocycles. The number of alkyl halides is 2. The molecule has 0 aliphatic carbocycles. The van der Waals surface area contributed by atoms with Gasteiger partial charge in [-0.25, -0.2) is 13.5 Å². The van der Waals surface area contributed by atoms with Crippen LogP contribution in [0, 0.1) is 0 Å². The van der Waals surface area contributed by atoms with Crippen LogP contribution in [0.1, 0.15) is 24.2 Å². The Morgan fingerprint density at radius 1 is 1.14 bits per heavy atom. The van der Waals surface area contributed by atoms with Gasteiger partial charge in [0.05, 0.1) is 6.04 Å². The van der Waals surface area contributed by atoms with E-state index >= 15 is 0 Å². The van der Waals surface area contributed by atoms with Crippen molar-refractivity contribution < 1.29 is 13.6 Å². The molecule has 9 heteroatoms. The van der Waals surface area contributed by atoms with Crippen LogP contribution in [0.2, 0.25) is 5.02 Å². The summed E-state index contributed by atoms with van der Waals surface area (Å²) in [6, 6.07) is 12.3. The second-order valence-corrected chi connectivity index (χ2v) is 7.18. The van der Waals surface area contributed by atoms with E-state index < -0.39 is 17.9 Å². The second kappa shape index (κ2) is 8.16. The molecule has 2 N–H and O–H groups in total. The lowest BCUT2D eigenvalue weighted by atomic mass is 10.1. The third-order valence-electron chi connectivity index (χ3n) is 4.38. The predicted octanol–water partition coefficient (Wildman–Crippen LogP) is 4.65. The Morgan fingerprint density at radius 3 is 2.34 bits per heavy atom. The number of anilines is 2. The molecule has 1 heterocycles. The van der Waals surface area contributed by atoms with E-state index in [0.29, 0.717) is 22.4 Å². The Hall–Kier alpha value is -3.00. The Balaban J connectivity index is 1.73. The largest absolute Gasteiger partial charge is 0.344 e. The Labute approximate surface area is 171 Å². The molecular formula is C20H20ClF2N5O. The molecule has 0 spiro atoms. The van der Waals surface area contributed by atoms with E-state index in [-0.39, 0.29) is 5.56 Å². The van der Waals surface area contributed by atoms with E-state index in [2.05, 4.69) is 20.7 Å². The van der Waals surface area contributed by atoms with Gasteiger partial charge in [-0.3, -0.25) is 4.79 Å². The maximum Gasteiger partial charge on any atom is 0.264 e. The number of halogens is 3. The molecule has 0 fully saturated rings. The molecule has 3 aromatic rings. The lowest BCUT2D eigenvalue weighted by Crippen LogP contribution is -2.43. The smallest absolute Gasteiger partial charge is 0.264 e. The summed E-state index contributed by atoms with van der Waals surface area (Å²) in [5.74, 6) is -2.57. The molecule has 6 nitrogen and oxygen atoms in total. The van der Waals surface area contributed by atoms with E-state index in [9.17, 15) is 13.6 Å². The van der Waals surface area contributed by atoms with Gasteiger partial charge in [-0.05, 0) is 43.3 Å². The van der Waals surface area contributed by atoms with Crippen molar-refractivity contribution in [2.24, 2.45) is 7.05 Å². The third-order valence-corrected chi connectivity index (χ3v) is 4.63. The highest BCUT2D eigenvalue weighted by molar-refractivity contribution is 6.30. The van der Waals surface area contributed by atoms with Crippen molar-refractivity contribution in [2.45, 2.75) is 25.8 Å². The first-order chi connectivity index (χ1) is 13.6. The van der Waals surface area contributed by atoms with Crippen LogP contribution in [-0.4, -0.2) is 32.6 Å². The minimum atomic E-state index is -3.00. The molecular weight excluding hydrogens is 400 g/mol. The summed E-state index contributed by atoms with van der Waals surface area (Å²) in [5.41, 5.74) is 1.78. The van der Waals surface area contributed by atoms with Crippen LogP contribution in [0.4, 0.5) is 20.4 Å². The first kappa shape index (κ1) is 20.7. The zero-order chi connectivity index (χ0) is 21.2. The monoisotopic (exact) mass is 419 g/mol. The number of amides is 1. The molecule has 3 rings (SSSR count). The van der Waals surface area contributed by atoms with E-state index in [4.69, 9.17) is 11.6 Å². The Kier molecular flexibility index (Phi) is 5.83. The van der Waals surface area contributed by atoms with Gasteiger partial charge in [0.15, 0.2) is 5.82 Å². The number of aromatic nitrogens is 3. The first-order valence-corrected chi connectivity index (χ1v) is 9.24. The van der Waals surface area contributed by atoms with Crippen molar-refractivity contribution in [2.75, 3.05) is 5.32 Å². The van der Waals surface area contributed by atoms with Crippen LogP contribution in [-0.2, 0) is 7.05 Å². The highest BCUT2D eigenvalue weighted by Crippen LogP contribution is 2.22. The van der Waals surface area contributed by atoms with Crippen molar-refractivity contribution >= 4 is 29.1 Å². The highest BCUT2D eigenvalue weighted by atomic mass is 35.5. The number of hydrogen-bond donors (Lipinski definition) is 2. The van der Waals surface area contributed by atoms with Gasteiger partial charge in [0.1, 0.15) is 0 Å². The van der Waals surface area contributed by atoms with Gasteiger partial charge in [-0.15, -0.1) is 5.10 Å². The number of nitrogens with one attached hydrogen (secondary N) is 2. The molecule has 0 bridgehead atoms. The molecule has 0 saturated carbocycles. The maximum absolute atomic E-state index is 13.2. The fourth-order valence-corrected chi connectivity index (χ4v) is 2.58. The minimum absolute atomic E-state index is 0.278. The number of carbonyl (C=O) groups is 1. The zero-order valence-corrected chi connectivity index (χ0v) is 16.8. The number of carbonyl (C=O) groups excluding carboxylic acids is 1. The van der Waals surface area contributed by atoms with Crippen molar-refractivity contribution in [1.29, 1.82) is 0 Å². The lowest BCUT2D eigenvalue weighted by Gasteiger charge is -2.20. The van der Waals surface area contributed by atoms with Crippen LogP contribution in [0.25, 0.3) is 11.4 Å². The van der Waals surface area contributed by atoms with Gasteiger partial charge < -0.3 is 10.6 Å². The van der Waals surface area contributed by atoms with E-state index in [1.807, 2.05) is 12.1 Å². The standard InChI is InChI=1S/C20H20ClF2N5O/c1-12(20(2,22)23)24-18(29)14-6-4-13(5-7-14)17-26-19(28(3)27-17)25-16-10-8-15(21)9-11-16/h4-12H,1-3H3,(H,24,29)(H,25,26,27). The quantitative estimate of drug-likeness (QED) is 0.610. The molecule has 2 aromatic carbocycles. The van der Waals surface area contributed by atoms with Gasteiger partial charge in [0.25, 0.3) is 11.8 Å². The van der Waals surface area contributed by atoms with Gasteiger partial charge in [0, 0.05) is 35.8 Å². The predicted molar refractivity (Wildman–Crippen MR) is 109 cm³/mol. The number of aryl methyl sites for hydroxylation is 1. The number of nitrogens with zero attached hydrogens (tertiary/aromatic N) is 3. The fourth-order valence-electron chi connectivity index (χ4n) is 2.46. The van der Waals surface area contributed by atoms with Crippen molar-refractivity contribution in [3.8, 4) is 11.4 Å². The Bertz CT molecular complexity index is 997. The van der Waals surface area contributed by atoms with Gasteiger partial charge >= 0.3 is 0 Å². The average molecular weight is 420 g/mol. The molecule has 1 unspecified atom stereocenters. The average Bonchev–Trinajstić information content (AvgIpc) is 3.03. The van der Waals surface area contributed by atoms with Gasteiger partial charge in [-0.1, -0.05) is 23.7 Å². The molecule has 0 aliphatic rings. The lowest BCUT2D eigenvalue weighted by molar-refractivity contribution is -0.0108. The molecule has 1 atom stereocenters. The van der Waals surface area contributed by atoms with Crippen molar-refractivity contribution in [3.05, 3.63) is 59.1 Å². The van der Waals surface area contributed by atoms with Gasteiger partial charge in [0.2, 0.25) is 5.95 Å². The molecule has 1 aromatic heterocycles. The molecule has 29 heavy (non-hydrogen) atoms. The van der Waals surface area contributed by atoms with E-state index in [0.717, 1.165) is 12.6 Å². The molecule has 1 amide bonds. The molecule has 152 valence electrons. The molecule has 0 radical (unpaired) electrons. The van der Waals surface area contributed by atoms with Crippen LogP contribution < -0.4 is 10.6 Å². The summed E-state index contributed by atoms with van der Waals surface area (Å²) in [5, 5.41) is 10.4. The van der Waals surface area contributed by atoms with Crippen molar-refractivity contribution in [3.63, 3.8) is 0 Å². The minimum Gasteiger partial charge on any atom is -0.344 e. The van der Waals surface area contributed by atoms with Gasteiger partial charge in [-0.2, -0.15) is 4.98 Å². The zero-order valence-electron chi connectivity index (χ0n) is 16.1. The highest BCUT2D eigenvalue weighted by Gasteiger charge is 2.31. The van der Waals surface area contributed by atoms with Crippen LogP contribution in [0.3, 0.4) is 0 Å². The van der Waals surface area contributed by atoms with E-state index in [1.54, 1.807) is 48.1 Å². The SMILES string of the molecule is CC(NC(=O)c1ccc(-c2nc(Nc3ccc(Cl)cc3)n(C)n2)cc1)C(C)(F)F. The fraction of sp³-hybridized carbons (Fsp3) is 0.250. The normalized spacial score (nSPS) is 12.5. The number of rotatable bonds is 6. The molecule has 0 aliphatic heterocycles. The van der Waals surface area contributed by atoms with Crippen LogP contribution in [0.5, 0.6) is 0 Å². The van der Waals surface area contributed by atoms with Crippen LogP contribution >= 0.6 is 11.6 Å². The summed E-state index contributed by atoms with van der Waals surface area (Å²) in [6.07, 6.45) is 0. The summed E-state index contributed by atoms with van der Waals surface area (Å²) < 4.78 is 28.1.